The fourth-order valence-electron chi connectivity index (χ4n) is 3.29. The van der Waals surface area contributed by atoms with Crippen LogP contribution in [0, 0.1) is 0 Å². The van der Waals surface area contributed by atoms with E-state index < -0.39 is 0 Å². The Morgan fingerprint density at radius 2 is 1.84 bits per heavy atom. The summed E-state index contributed by atoms with van der Waals surface area (Å²) < 4.78 is 15.7. The number of thioether (sulfide) groups is 1. The normalized spacial score (nSPS) is 15.0. The zero-order valence-corrected chi connectivity index (χ0v) is 17.4. The molecule has 31 heavy (non-hydrogen) atoms. The average molecular weight is 433 g/mol. The zero-order chi connectivity index (χ0) is 21.0. The summed E-state index contributed by atoms with van der Waals surface area (Å²) in [5, 5.41) is 21.6. The Balaban J connectivity index is 1.36. The van der Waals surface area contributed by atoms with Crippen LogP contribution in [0.4, 0.5) is 0 Å². The predicted octanol–water partition coefficient (Wildman–Crippen LogP) is 3.24. The second kappa shape index (κ2) is 8.60. The van der Waals surface area contributed by atoms with E-state index in [1.165, 1.54) is 11.8 Å². The molecule has 0 N–H and O–H groups in total. The summed E-state index contributed by atoms with van der Waals surface area (Å²) in [7, 11) is 0. The third-order valence-corrected chi connectivity index (χ3v) is 5.68. The smallest absolute Gasteiger partial charge is 0.192 e. The van der Waals surface area contributed by atoms with Crippen LogP contribution in [0.2, 0.25) is 0 Å². The molecular weight excluding hydrogens is 414 g/mol. The molecule has 3 heterocycles. The molecule has 1 aliphatic heterocycles. The molecule has 9 nitrogen and oxygen atoms in total. The lowest BCUT2D eigenvalue weighted by atomic mass is 10.2. The van der Waals surface area contributed by atoms with Gasteiger partial charge in [-0.05, 0) is 34.7 Å². The van der Waals surface area contributed by atoms with E-state index in [9.17, 15) is 0 Å². The van der Waals surface area contributed by atoms with Crippen LogP contribution < -0.4 is 9.47 Å². The molecule has 1 aliphatic rings. The van der Waals surface area contributed by atoms with Gasteiger partial charge >= 0.3 is 0 Å². The third kappa shape index (κ3) is 3.89. The lowest BCUT2D eigenvalue weighted by Gasteiger charge is -2.26. The predicted molar refractivity (Wildman–Crippen MR) is 114 cm³/mol. The Kier molecular flexibility index (Phi) is 5.36. The number of fused-ring (bicyclic) bond motifs is 1. The molecule has 2 aromatic heterocycles. The quantitative estimate of drug-likeness (QED) is 0.324. The molecular formula is C21H19N7O2S. The summed E-state index contributed by atoms with van der Waals surface area (Å²) >= 11 is 1.51. The van der Waals surface area contributed by atoms with Gasteiger partial charge < -0.3 is 9.47 Å². The van der Waals surface area contributed by atoms with Crippen molar-refractivity contribution >= 4 is 11.8 Å². The summed E-state index contributed by atoms with van der Waals surface area (Å²) in [4.78, 5) is 0. The van der Waals surface area contributed by atoms with E-state index in [1.54, 1.807) is 4.68 Å². The van der Waals surface area contributed by atoms with Crippen LogP contribution >= 0.6 is 11.8 Å². The Morgan fingerprint density at radius 3 is 2.68 bits per heavy atom. The number of allylic oxidation sites excluding steroid dienone is 1. The third-order valence-electron chi connectivity index (χ3n) is 4.72. The van der Waals surface area contributed by atoms with Crippen LogP contribution in [-0.2, 0) is 12.3 Å². The van der Waals surface area contributed by atoms with Crippen LogP contribution in [0.15, 0.2) is 72.4 Å². The van der Waals surface area contributed by atoms with Gasteiger partial charge in [-0.1, -0.05) is 48.2 Å². The van der Waals surface area contributed by atoms with Crippen molar-refractivity contribution < 1.29 is 9.47 Å². The standard InChI is InChI=1S/C21H19N7O2S/c1-2-12-27-20(18-13-29-16-10-6-7-11-17(16)30-18)23-24-21(27)31-14-19-22-25-26-28(19)15-8-4-3-5-9-15/h2-11,18H,1,12-14H2. The Hall–Kier alpha value is -3.66. The summed E-state index contributed by atoms with van der Waals surface area (Å²) in [5.41, 5.74) is 0.905. The summed E-state index contributed by atoms with van der Waals surface area (Å²) in [6, 6.07) is 17.4. The van der Waals surface area contributed by atoms with Crippen LogP contribution in [0.3, 0.4) is 0 Å². The highest BCUT2D eigenvalue weighted by Crippen LogP contribution is 2.36. The molecule has 0 aliphatic carbocycles. The molecule has 0 fully saturated rings. The van der Waals surface area contributed by atoms with Crippen molar-refractivity contribution in [3.8, 4) is 17.2 Å². The maximum Gasteiger partial charge on any atom is 0.192 e. The minimum absolute atomic E-state index is 0.355. The number of benzene rings is 2. The van der Waals surface area contributed by atoms with E-state index in [2.05, 4.69) is 32.3 Å². The van der Waals surface area contributed by atoms with Gasteiger partial charge in [0.25, 0.3) is 0 Å². The number of hydrogen-bond donors (Lipinski definition) is 0. The highest BCUT2D eigenvalue weighted by atomic mass is 32.2. The second-order valence-corrected chi connectivity index (χ2v) is 7.68. The first-order valence-corrected chi connectivity index (χ1v) is 10.7. The van der Waals surface area contributed by atoms with Crippen molar-refractivity contribution in [1.29, 1.82) is 0 Å². The second-order valence-electron chi connectivity index (χ2n) is 6.74. The van der Waals surface area contributed by atoms with Gasteiger partial charge in [0.1, 0.15) is 6.61 Å². The van der Waals surface area contributed by atoms with Gasteiger partial charge in [-0.3, -0.25) is 4.57 Å². The van der Waals surface area contributed by atoms with Crippen LogP contribution in [0.5, 0.6) is 11.5 Å². The minimum Gasteiger partial charge on any atom is -0.485 e. The molecule has 1 atom stereocenters. The van der Waals surface area contributed by atoms with Crippen molar-refractivity contribution in [1.82, 2.24) is 35.0 Å². The first-order chi connectivity index (χ1) is 15.3. The fraction of sp³-hybridized carbons (Fsp3) is 0.190. The molecule has 5 rings (SSSR count). The van der Waals surface area contributed by atoms with Crippen molar-refractivity contribution in [3.63, 3.8) is 0 Å². The molecule has 156 valence electrons. The highest BCUT2D eigenvalue weighted by Gasteiger charge is 2.28. The summed E-state index contributed by atoms with van der Waals surface area (Å²) in [5.74, 6) is 3.37. The molecule has 0 radical (unpaired) electrons. The van der Waals surface area contributed by atoms with Gasteiger partial charge in [-0.25, -0.2) is 0 Å². The van der Waals surface area contributed by atoms with Crippen molar-refractivity contribution in [3.05, 3.63) is 78.9 Å². The largest absolute Gasteiger partial charge is 0.485 e. The average Bonchev–Trinajstić information content (AvgIpc) is 3.45. The van der Waals surface area contributed by atoms with E-state index in [1.807, 2.05) is 65.2 Å². The Labute approximate surface area is 182 Å². The maximum absolute atomic E-state index is 6.12. The molecule has 10 heteroatoms. The fourth-order valence-corrected chi connectivity index (χ4v) is 4.15. The van der Waals surface area contributed by atoms with Gasteiger partial charge in [0.2, 0.25) is 0 Å². The molecule has 0 saturated carbocycles. The van der Waals surface area contributed by atoms with Gasteiger partial charge in [-0.15, -0.1) is 21.9 Å². The number of nitrogens with zero attached hydrogens (tertiary/aromatic N) is 7. The van der Waals surface area contributed by atoms with Gasteiger partial charge in [0.15, 0.2) is 34.4 Å². The van der Waals surface area contributed by atoms with Crippen LogP contribution in [0.25, 0.3) is 5.69 Å². The molecule has 0 amide bonds. The van der Waals surface area contributed by atoms with Gasteiger partial charge in [-0.2, -0.15) is 4.68 Å². The molecule has 2 aromatic carbocycles. The Morgan fingerprint density at radius 1 is 1.03 bits per heavy atom. The first-order valence-electron chi connectivity index (χ1n) is 9.71. The number of hydrogen-bond acceptors (Lipinski definition) is 8. The zero-order valence-electron chi connectivity index (χ0n) is 16.5. The summed E-state index contributed by atoms with van der Waals surface area (Å²) in [6.45, 7) is 4.78. The molecule has 0 saturated heterocycles. The van der Waals surface area contributed by atoms with E-state index in [4.69, 9.17) is 9.47 Å². The lowest BCUT2D eigenvalue weighted by molar-refractivity contribution is 0.0821. The molecule has 0 bridgehead atoms. The number of aromatic nitrogens is 7. The molecule has 1 unspecified atom stereocenters. The number of para-hydroxylation sites is 3. The van der Waals surface area contributed by atoms with Gasteiger partial charge in [0, 0.05) is 6.54 Å². The molecule has 4 aromatic rings. The Bertz CT molecular complexity index is 1190. The topological polar surface area (TPSA) is 92.8 Å². The van der Waals surface area contributed by atoms with E-state index >= 15 is 0 Å². The van der Waals surface area contributed by atoms with Crippen molar-refractivity contribution in [2.75, 3.05) is 6.61 Å². The number of rotatable bonds is 7. The monoisotopic (exact) mass is 433 g/mol. The van der Waals surface area contributed by atoms with Crippen LogP contribution in [-0.4, -0.2) is 41.6 Å². The van der Waals surface area contributed by atoms with Crippen molar-refractivity contribution in [2.45, 2.75) is 23.6 Å². The van der Waals surface area contributed by atoms with E-state index in [0.29, 0.717) is 30.5 Å². The van der Waals surface area contributed by atoms with Gasteiger partial charge in [0.05, 0.1) is 11.4 Å². The lowest BCUT2D eigenvalue weighted by Crippen LogP contribution is -2.25. The van der Waals surface area contributed by atoms with E-state index in [0.717, 1.165) is 22.4 Å². The number of ether oxygens (including phenoxy) is 2. The number of tetrazole rings is 1. The minimum atomic E-state index is -0.355. The first kappa shape index (κ1) is 19.3. The summed E-state index contributed by atoms with van der Waals surface area (Å²) in [6.07, 6.45) is 1.45. The van der Waals surface area contributed by atoms with Crippen LogP contribution in [0.1, 0.15) is 17.8 Å². The maximum atomic E-state index is 6.12. The van der Waals surface area contributed by atoms with Crippen molar-refractivity contribution in [2.24, 2.45) is 0 Å². The SMILES string of the molecule is C=CCn1c(SCc2nnnn2-c2ccccc2)nnc1C1COc2ccccc2O1. The molecule has 0 spiro atoms. The highest BCUT2D eigenvalue weighted by molar-refractivity contribution is 7.98. The van der Waals surface area contributed by atoms with E-state index in [-0.39, 0.29) is 6.10 Å².